The number of esters is 1. The van der Waals surface area contributed by atoms with Crippen LogP contribution < -0.4 is 5.32 Å². The number of methoxy groups -OCH3 is 1. The van der Waals surface area contributed by atoms with E-state index in [1.54, 1.807) is 0 Å². The van der Waals surface area contributed by atoms with Gasteiger partial charge in [-0.3, -0.25) is 9.59 Å². The molecule has 1 N–H and O–H groups in total. The predicted molar refractivity (Wildman–Crippen MR) is 133 cm³/mol. The van der Waals surface area contributed by atoms with Crippen LogP contribution in [0.1, 0.15) is 72.3 Å². The molecule has 0 bridgehead atoms. The minimum atomic E-state index is -0.501. The average Bonchev–Trinajstić information content (AvgIpc) is 2.77. The SMILES string of the molecule is CC[C@@](C#Cc1ccccc1Br)(CCC(=O)NCC(OC(C)C)OC(C)C)CCC(=O)OC. The molecule has 7 heteroatoms. The summed E-state index contributed by atoms with van der Waals surface area (Å²) in [7, 11) is 1.38. The Morgan fingerprint density at radius 3 is 2.21 bits per heavy atom. The summed E-state index contributed by atoms with van der Waals surface area (Å²) >= 11 is 3.52. The van der Waals surface area contributed by atoms with Gasteiger partial charge in [0.25, 0.3) is 0 Å². The van der Waals surface area contributed by atoms with Gasteiger partial charge in [-0.25, -0.2) is 0 Å². The zero-order chi connectivity index (χ0) is 24.9. The van der Waals surface area contributed by atoms with Gasteiger partial charge in [-0.2, -0.15) is 0 Å². The first kappa shape index (κ1) is 29.2. The van der Waals surface area contributed by atoms with Gasteiger partial charge in [0.1, 0.15) is 0 Å². The average molecular weight is 524 g/mol. The number of hydrogen-bond donors (Lipinski definition) is 1. The highest BCUT2D eigenvalue weighted by Gasteiger charge is 2.28. The molecule has 1 rings (SSSR count). The second-order valence-corrected chi connectivity index (χ2v) is 9.40. The molecule has 1 aromatic rings. The summed E-state index contributed by atoms with van der Waals surface area (Å²) < 4.78 is 17.2. The highest BCUT2D eigenvalue weighted by Crippen LogP contribution is 2.33. The van der Waals surface area contributed by atoms with E-state index in [0.717, 1.165) is 10.0 Å². The summed E-state index contributed by atoms with van der Waals surface area (Å²) in [6.07, 6.45) is 1.79. The van der Waals surface area contributed by atoms with Gasteiger partial charge >= 0.3 is 5.97 Å². The smallest absolute Gasteiger partial charge is 0.305 e. The van der Waals surface area contributed by atoms with E-state index in [-0.39, 0.29) is 43.5 Å². The maximum atomic E-state index is 12.6. The normalized spacial score (nSPS) is 12.9. The van der Waals surface area contributed by atoms with E-state index in [9.17, 15) is 9.59 Å². The van der Waals surface area contributed by atoms with Crippen LogP contribution in [0, 0.1) is 17.3 Å². The third kappa shape index (κ3) is 11.7. The van der Waals surface area contributed by atoms with Gasteiger partial charge in [0.15, 0.2) is 6.29 Å². The maximum Gasteiger partial charge on any atom is 0.305 e. The molecule has 0 spiro atoms. The molecule has 1 aromatic carbocycles. The number of benzene rings is 1. The number of halogens is 1. The molecule has 1 atom stereocenters. The Balaban J connectivity index is 2.89. The molecule has 184 valence electrons. The molecule has 0 saturated carbocycles. The van der Waals surface area contributed by atoms with Gasteiger partial charge < -0.3 is 19.5 Å². The van der Waals surface area contributed by atoms with Crippen LogP contribution in [0.5, 0.6) is 0 Å². The van der Waals surface area contributed by atoms with Crippen molar-refractivity contribution in [1.29, 1.82) is 0 Å². The third-order valence-electron chi connectivity index (χ3n) is 5.19. The molecule has 0 saturated heterocycles. The molecule has 0 aliphatic carbocycles. The van der Waals surface area contributed by atoms with Crippen LogP contribution in [0.2, 0.25) is 0 Å². The van der Waals surface area contributed by atoms with E-state index >= 15 is 0 Å². The van der Waals surface area contributed by atoms with Crippen molar-refractivity contribution in [2.24, 2.45) is 5.41 Å². The fourth-order valence-corrected chi connectivity index (χ4v) is 3.66. The highest BCUT2D eigenvalue weighted by atomic mass is 79.9. The van der Waals surface area contributed by atoms with Crippen molar-refractivity contribution in [1.82, 2.24) is 5.32 Å². The molecule has 1 amide bonds. The molecular weight excluding hydrogens is 486 g/mol. The molecule has 0 heterocycles. The first-order chi connectivity index (χ1) is 15.6. The van der Waals surface area contributed by atoms with Crippen LogP contribution in [-0.4, -0.2) is 44.0 Å². The number of carbonyl (C=O) groups is 2. The zero-order valence-corrected chi connectivity index (χ0v) is 22.3. The summed E-state index contributed by atoms with van der Waals surface area (Å²) in [6, 6.07) is 7.74. The summed E-state index contributed by atoms with van der Waals surface area (Å²) in [6.45, 7) is 10.0. The lowest BCUT2D eigenvalue weighted by atomic mass is 9.77. The van der Waals surface area contributed by atoms with Gasteiger partial charge in [0.05, 0.1) is 25.9 Å². The summed E-state index contributed by atoms with van der Waals surface area (Å²) in [5.74, 6) is 6.24. The van der Waals surface area contributed by atoms with Crippen LogP contribution >= 0.6 is 15.9 Å². The first-order valence-electron chi connectivity index (χ1n) is 11.5. The van der Waals surface area contributed by atoms with Crippen molar-refractivity contribution in [2.45, 2.75) is 85.2 Å². The van der Waals surface area contributed by atoms with Crippen molar-refractivity contribution in [3.8, 4) is 11.8 Å². The molecule has 33 heavy (non-hydrogen) atoms. The van der Waals surface area contributed by atoms with E-state index < -0.39 is 11.7 Å². The molecule has 0 fully saturated rings. The summed E-state index contributed by atoms with van der Waals surface area (Å²) in [5, 5.41) is 2.91. The Hall–Kier alpha value is -1.88. The van der Waals surface area contributed by atoms with Crippen LogP contribution in [0.4, 0.5) is 0 Å². The quantitative estimate of drug-likeness (QED) is 0.218. The lowest BCUT2D eigenvalue weighted by Crippen LogP contribution is -2.38. The first-order valence-corrected chi connectivity index (χ1v) is 12.3. The Labute approximate surface area is 207 Å². The van der Waals surface area contributed by atoms with Gasteiger partial charge in [-0.15, -0.1) is 0 Å². The molecule has 0 aliphatic heterocycles. The Morgan fingerprint density at radius 2 is 1.67 bits per heavy atom. The van der Waals surface area contributed by atoms with Gasteiger partial charge in [-0.05, 0) is 75.0 Å². The number of ether oxygens (including phenoxy) is 3. The maximum absolute atomic E-state index is 12.6. The van der Waals surface area contributed by atoms with Crippen LogP contribution in [0.25, 0.3) is 0 Å². The van der Waals surface area contributed by atoms with E-state index in [1.165, 1.54) is 7.11 Å². The molecule has 0 radical (unpaired) electrons. The minimum absolute atomic E-state index is 0.00991. The highest BCUT2D eigenvalue weighted by molar-refractivity contribution is 9.10. The molecule has 0 aromatic heterocycles. The third-order valence-corrected chi connectivity index (χ3v) is 5.88. The zero-order valence-electron chi connectivity index (χ0n) is 20.7. The Bertz CT molecular complexity index is 804. The second kappa shape index (κ2) is 15.1. The van der Waals surface area contributed by atoms with Crippen molar-refractivity contribution in [3.05, 3.63) is 34.3 Å². The predicted octanol–water partition coefficient (Wildman–Crippen LogP) is 5.22. The van der Waals surface area contributed by atoms with Gasteiger partial charge in [0, 0.05) is 28.3 Å². The molecule has 0 aliphatic rings. The van der Waals surface area contributed by atoms with Crippen molar-refractivity contribution >= 4 is 27.8 Å². The standard InChI is InChI=1S/C26H38BrNO5/c1-7-26(17-14-24(30)31-6,15-12-21-10-8-9-11-22(21)27)16-13-23(29)28-18-25(32-19(2)3)33-20(4)5/h8-11,19-20,25H,7,13-14,16-18H2,1-6H3,(H,28,29)/t26-/m1/s1. The number of carbonyl (C=O) groups excluding carboxylic acids is 2. The van der Waals surface area contributed by atoms with E-state index in [0.29, 0.717) is 19.3 Å². The lowest BCUT2D eigenvalue weighted by molar-refractivity contribution is -0.178. The minimum Gasteiger partial charge on any atom is -0.469 e. The number of hydrogen-bond acceptors (Lipinski definition) is 5. The number of rotatable bonds is 13. The topological polar surface area (TPSA) is 73.9 Å². The van der Waals surface area contributed by atoms with E-state index in [4.69, 9.17) is 14.2 Å². The fourth-order valence-electron chi connectivity index (χ4n) is 3.27. The van der Waals surface area contributed by atoms with Crippen LogP contribution in [-0.2, 0) is 23.8 Å². The van der Waals surface area contributed by atoms with Crippen LogP contribution in [0.3, 0.4) is 0 Å². The Kier molecular flexibility index (Phi) is 13.3. The van der Waals surface area contributed by atoms with E-state index in [1.807, 2.05) is 58.9 Å². The lowest BCUT2D eigenvalue weighted by Gasteiger charge is -2.27. The van der Waals surface area contributed by atoms with E-state index in [2.05, 4.69) is 33.1 Å². The van der Waals surface area contributed by atoms with Crippen molar-refractivity contribution in [2.75, 3.05) is 13.7 Å². The summed E-state index contributed by atoms with van der Waals surface area (Å²) in [5.41, 5.74) is 0.389. The molecule has 0 unspecified atom stereocenters. The number of nitrogens with one attached hydrogen (secondary N) is 1. The fraction of sp³-hybridized carbons (Fsp3) is 0.615. The van der Waals surface area contributed by atoms with Crippen molar-refractivity contribution in [3.63, 3.8) is 0 Å². The second-order valence-electron chi connectivity index (χ2n) is 8.54. The van der Waals surface area contributed by atoms with Gasteiger partial charge in [0.2, 0.25) is 5.91 Å². The van der Waals surface area contributed by atoms with Gasteiger partial charge in [-0.1, -0.05) is 30.9 Å². The van der Waals surface area contributed by atoms with Crippen molar-refractivity contribution < 1.29 is 23.8 Å². The summed E-state index contributed by atoms with van der Waals surface area (Å²) in [4.78, 5) is 24.4. The Morgan fingerprint density at radius 1 is 1.06 bits per heavy atom. The largest absolute Gasteiger partial charge is 0.469 e. The monoisotopic (exact) mass is 523 g/mol. The molecule has 6 nitrogen and oxygen atoms in total. The number of amides is 1. The molecular formula is C26H38BrNO5. The van der Waals surface area contributed by atoms with Crippen LogP contribution in [0.15, 0.2) is 28.7 Å².